The summed E-state index contributed by atoms with van der Waals surface area (Å²) in [6.45, 7) is 0. The predicted molar refractivity (Wildman–Crippen MR) is 108 cm³/mol. The molecule has 0 atom stereocenters. The van der Waals surface area contributed by atoms with E-state index in [2.05, 4.69) is 35.2 Å². The molecule has 5 rings (SSSR count). The van der Waals surface area contributed by atoms with Crippen molar-refractivity contribution in [2.45, 2.75) is 0 Å². The number of para-hydroxylation sites is 2. The van der Waals surface area contributed by atoms with Crippen molar-refractivity contribution in [3.63, 3.8) is 0 Å². The highest BCUT2D eigenvalue weighted by atomic mass is 15.1. The first-order valence-corrected chi connectivity index (χ1v) is 8.75. The minimum Gasteiger partial charge on any atom is -0.338 e. The molecule has 7 nitrogen and oxygen atoms in total. The molecule has 7 heteroatoms. The molecule has 28 heavy (non-hydrogen) atoms. The zero-order valence-electron chi connectivity index (χ0n) is 14.7. The fraction of sp³-hybridized carbons (Fsp3) is 0. The second-order valence-electron chi connectivity index (χ2n) is 6.23. The van der Waals surface area contributed by atoms with Crippen molar-refractivity contribution in [2.24, 2.45) is 0 Å². The highest BCUT2D eigenvalue weighted by Crippen LogP contribution is 2.24. The van der Waals surface area contributed by atoms with Gasteiger partial charge < -0.3 is 10.3 Å². The number of fused-ring (bicyclic) bond motifs is 1. The van der Waals surface area contributed by atoms with Crippen LogP contribution in [0.3, 0.4) is 0 Å². The number of aromatic amines is 1. The molecule has 0 radical (unpaired) electrons. The van der Waals surface area contributed by atoms with Crippen molar-refractivity contribution in [1.82, 2.24) is 29.9 Å². The van der Waals surface area contributed by atoms with Crippen LogP contribution in [0.1, 0.15) is 0 Å². The van der Waals surface area contributed by atoms with E-state index in [0.29, 0.717) is 5.95 Å². The van der Waals surface area contributed by atoms with Gasteiger partial charge in [-0.25, -0.2) is 24.9 Å². The van der Waals surface area contributed by atoms with Crippen molar-refractivity contribution in [3.8, 4) is 22.5 Å². The lowest BCUT2D eigenvalue weighted by Crippen LogP contribution is -1.97. The zero-order valence-corrected chi connectivity index (χ0v) is 14.7. The van der Waals surface area contributed by atoms with Crippen LogP contribution < -0.4 is 5.32 Å². The molecule has 2 aromatic carbocycles. The Kier molecular flexibility index (Phi) is 3.95. The fourth-order valence-electron chi connectivity index (χ4n) is 2.95. The third-order valence-corrected chi connectivity index (χ3v) is 4.33. The summed E-state index contributed by atoms with van der Waals surface area (Å²) >= 11 is 0. The van der Waals surface area contributed by atoms with Crippen molar-refractivity contribution < 1.29 is 0 Å². The van der Waals surface area contributed by atoms with E-state index in [1.807, 2.05) is 48.5 Å². The molecule has 0 unspecified atom stereocenters. The van der Waals surface area contributed by atoms with Gasteiger partial charge in [-0.1, -0.05) is 24.3 Å². The average molecular weight is 365 g/mol. The maximum Gasteiger partial charge on any atom is 0.227 e. The Hall–Kier alpha value is -4.13. The molecular weight excluding hydrogens is 350 g/mol. The van der Waals surface area contributed by atoms with Crippen LogP contribution in [0.15, 0.2) is 79.6 Å². The van der Waals surface area contributed by atoms with E-state index >= 15 is 0 Å². The van der Waals surface area contributed by atoms with E-state index in [-0.39, 0.29) is 0 Å². The summed E-state index contributed by atoms with van der Waals surface area (Å²) in [5.74, 6) is 1.34. The van der Waals surface area contributed by atoms with Crippen molar-refractivity contribution in [2.75, 3.05) is 5.32 Å². The van der Waals surface area contributed by atoms with Crippen molar-refractivity contribution in [1.29, 1.82) is 0 Å². The quantitative estimate of drug-likeness (QED) is 0.495. The number of nitrogens with one attached hydrogen (secondary N) is 2. The van der Waals surface area contributed by atoms with Crippen LogP contribution in [-0.4, -0.2) is 29.9 Å². The van der Waals surface area contributed by atoms with Crippen LogP contribution in [-0.2, 0) is 0 Å². The summed E-state index contributed by atoms with van der Waals surface area (Å²) in [6.07, 6.45) is 8.45. The van der Waals surface area contributed by atoms with Crippen LogP contribution in [0.2, 0.25) is 0 Å². The Balaban J connectivity index is 1.39. The highest BCUT2D eigenvalue weighted by molar-refractivity contribution is 5.80. The number of aromatic nitrogens is 6. The number of nitrogens with zero attached hydrogens (tertiary/aromatic N) is 5. The van der Waals surface area contributed by atoms with Gasteiger partial charge >= 0.3 is 0 Å². The first kappa shape index (κ1) is 16.1. The maximum atomic E-state index is 4.65. The lowest BCUT2D eigenvalue weighted by atomic mass is 10.2. The second kappa shape index (κ2) is 6.88. The summed E-state index contributed by atoms with van der Waals surface area (Å²) in [5.41, 5.74) is 5.57. The number of anilines is 2. The minimum absolute atomic E-state index is 0.516. The summed E-state index contributed by atoms with van der Waals surface area (Å²) in [6, 6.07) is 15.9. The Labute approximate surface area is 160 Å². The molecule has 0 aliphatic rings. The summed E-state index contributed by atoms with van der Waals surface area (Å²) in [5, 5.41) is 3.23. The molecule has 3 aromatic heterocycles. The van der Waals surface area contributed by atoms with Gasteiger partial charge in [-0.15, -0.1) is 0 Å². The number of hydrogen-bond donors (Lipinski definition) is 2. The van der Waals surface area contributed by atoms with Crippen LogP contribution in [0.25, 0.3) is 33.5 Å². The molecule has 134 valence electrons. The van der Waals surface area contributed by atoms with E-state index in [1.165, 1.54) is 6.33 Å². The van der Waals surface area contributed by atoms with E-state index < -0.39 is 0 Å². The summed E-state index contributed by atoms with van der Waals surface area (Å²) in [4.78, 5) is 24.8. The molecule has 0 bridgehead atoms. The SMILES string of the molecule is c1cc(Nc2ncc(-c3cncnc3)cn2)cc(-c2nc3ccccc3[nH]2)c1. The molecule has 0 saturated heterocycles. The molecular formula is C21H15N7. The van der Waals surface area contributed by atoms with Gasteiger partial charge in [0.25, 0.3) is 0 Å². The second-order valence-corrected chi connectivity index (χ2v) is 6.23. The van der Waals surface area contributed by atoms with E-state index in [4.69, 9.17) is 0 Å². The Morgan fingerprint density at radius 3 is 2.36 bits per heavy atom. The van der Waals surface area contributed by atoms with E-state index in [9.17, 15) is 0 Å². The first-order valence-electron chi connectivity index (χ1n) is 8.75. The monoisotopic (exact) mass is 365 g/mol. The van der Waals surface area contributed by atoms with Gasteiger partial charge in [0.15, 0.2) is 0 Å². The zero-order chi connectivity index (χ0) is 18.8. The van der Waals surface area contributed by atoms with Crippen molar-refractivity contribution >= 4 is 22.7 Å². The molecule has 0 amide bonds. The Morgan fingerprint density at radius 2 is 1.54 bits per heavy atom. The van der Waals surface area contributed by atoms with Crippen LogP contribution in [0, 0.1) is 0 Å². The van der Waals surface area contributed by atoms with E-state index in [0.717, 1.165) is 39.2 Å². The van der Waals surface area contributed by atoms with Gasteiger partial charge in [0, 0.05) is 47.2 Å². The van der Waals surface area contributed by atoms with Gasteiger partial charge in [0.05, 0.1) is 11.0 Å². The largest absolute Gasteiger partial charge is 0.338 e. The van der Waals surface area contributed by atoms with Crippen molar-refractivity contribution in [3.05, 3.63) is 79.6 Å². The maximum absolute atomic E-state index is 4.65. The molecule has 3 heterocycles. The Morgan fingerprint density at radius 1 is 0.750 bits per heavy atom. The third-order valence-electron chi connectivity index (χ3n) is 4.33. The fourth-order valence-corrected chi connectivity index (χ4v) is 2.95. The van der Waals surface area contributed by atoms with Crippen LogP contribution in [0.5, 0.6) is 0 Å². The summed E-state index contributed by atoms with van der Waals surface area (Å²) in [7, 11) is 0. The number of hydrogen-bond acceptors (Lipinski definition) is 6. The van der Waals surface area contributed by atoms with E-state index in [1.54, 1.807) is 24.8 Å². The summed E-state index contributed by atoms with van der Waals surface area (Å²) < 4.78 is 0. The molecule has 0 aliphatic heterocycles. The van der Waals surface area contributed by atoms with Gasteiger partial charge in [-0.05, 0) is 24.3 Å². The van der Waals surface area contributed by atoms with Gasteiger partial charge in [-0.2, -0.15) is 0 Å². The predicted octanol–water partition coefficient (Wildman–Crippen LogP) is 4.22. The molecule has 0 aliphatic carbocycles. The molecule has 0 fully saturated rings. The molecule has 0 spiro atoms. The smallest absolute Gasteiger partial charge is 0.227 e. The number of benzene rings is 2. The van der Waals surface area contributed by atoms with Gasteiger partial charge in [0.2, 0.25) is 5.95 Å². The van der Waals surface area contributed by atoms with Gasteiger partial charge in [0.1, 0.15) is 12.2 Å². The van der Waals surface area contributed by atoms with Gasteiger partial charge in [-0.3, -0.25) is 0 Å². The van der Waals surface area contributed by atoms with Crippen LogP contribution >= 0.6 is 0 Å². The Bertz CT molecular complexity index is 1200. The number of imidazole rings is 1. The molecule has 2 N–H and O–H groups in total. The normalized spacial score (nSPS) is 10.9. The lowest BCUT2D eigenvalue weighted by Gasteiger charge is -2.07. The number of H-pyrrole nitrogens is 1. The lowest BCUT2D eigenvalue weighted by molar-refractivity contribution is 1.14. The van der Waals surface area contributed by atoms with Crippen LogP contribution in [0.4, 0.5) is 11.6 Å². The highest BCUT2D eigenvalue weighted by Gasteiger charge is 2.07. The molecule has 0 saturated carbocycles. The first-order chi connectivity index (χ1) is 13.8. The minimum atomic E-state index is 0.516. The molecule has 5 aromatic rings. The third kappa shape index (κ3) is 3.16. The topological polar surface area (TPSA) is 92.3 Å². The average Bonchev–Trinajstić information content (AvgIpc) is 3.20. The number of rotatable bonds is 4. The standard InChI is InChI=1S/C21H15N7/c1-2-7-19-18(6-1)27-20(28-19)14-4-3-5-17(8-14)26-21-24-11-16(12-25-21)15-9-22-13-23-10-15/h1-13H,(H,27,28)(H,24,25,26).